The summed E-state index contributed by atoms with van der Waals surface area (Å²) in [5, 5.41) is 6.51. The lowest BCUT2D eigenvalue weighted by atomic mass is 10.1. The van der Waals surface area contributed by atoms with Crippen molar-refractivity contribution >= 4 is 38.7 Å². The van der Waals surface area contributed by atoms with Crippen LogP contribution in [-0.4, -0.2) is 12.5 Å². The second-order valence-electron chi connectivity index (χ2n) is 5.11. The number of amides is 1. The first-order valence-corrected chi connectivity index (χ1v) is 8.65. The molecule has 4 heteroatoms. The van der Waals surface area contributed by atoms with Crippen LogP contribution in [0, 0.1) is 13.8 Å². The van der Waals surface area contributed by atoms with Crippen LogP contribution >= 0.6 is 22.7 Å². The molecule has 0 aliphatic carbocycles. The molecule has 0 aliphatic heterocycles. The topological polar surface area (TPSA) is 29.1 Å². The highest BCUT2D eigenvalue weighted by molar-refractivity contribution is 7.17. The standard InChI is InChI=1S/C17H17NOS2/c1-11-9-16(21-12(11)2)17(19)18-8-7-13-10-20-15-6-4-3-5-14(13)15/h3-6,9-10H,7-8H2,1-2H3,(H,18,19). The zero-order valence-corrected chi connectivity index (χ0v) is 13.7. The molecule has 0 atom stereocenters. The maximum absolute atomic E-state index is 12.1. The van der Waals surface area contributed by atoms with E-state index in [1.165, 1.54) is 26.1 Å². The van der Waals surface area contributed by atoms with Crippen LogP contribution in [-0.2, 0) is 6.42 Å². The molecule has 0 saturated carbocycles. The van der Waals surface area contributed by atoms with Crippen LogP contribution < -0.4 is 5.32 Å². The first-order valence-electron chi connectivity index (χ1n) is 6.95. The number of aryl methyl sites for hydroxylation is 2. The molecule has 21 heavy (non-hydrogen) atoms. The third-order valence-electron chi connectivity index (χ3n) is 3.63. The van der Waals surface area contributed by atoms with Crippen LogP contribution in [0.3, 0.4) is 0 Å². The SMILES string of the molecule is Cc1cc(C(=O)NCCc2csc3ccccc23)sc1C. The summed E-state index contributed by atoms with van der Waals surface area (Å²) in [5.74, 6) is 0.0377. The Morgan fingerprint density at radius 3 is 2.81 bits per heavy atom. The molecule has 1 N–H and O–H groups in total. The van der Waals surface area contributed by atoms with Crippen molar-refractivity contribution < 1.29 is 4.79 Å². The molecule has 108 valence electrons. The molecule has 3 rings (SSSR count). The summed E-state index contributed by atoms with van der Waals surface area (Å²) in [6.45, 7) is 4.77. The molecule has 0 saturated heterocycles. The molecule has 0 bridgehead atoms. The van der Waals surface area contributed by atoms with Crippen LogP contribution in [0.25, 0.3) is 10.1 Å². The van der Waals surface area contributed by atoms with Gasteiger partial charge in [-0.25, -0.2) is 0 Å². The Bertz CT molecular complexity index is 766. The van der Waals surface area contributed by atoms with E-state index in [4.69, 9.17) is 0 Å². The predicted molar refractivity (Wildman–Crippen MR) is 91.7 cm³/mol. The maximum Gasteiger partial charge on any atom is 0.261 e. The summed E-state index contributed by atoms with van der Waals surface area (Å²) in [7, 11) is 0. The fourth-order valence-corrected chi connectivity index (χ4v) is 4.26. The lowest BCUT2D eigenvalue weighted by Crippen LogP contribution is -2.24. The second kappa shape index (κ2) is 6.00. The summed E-state index contributed by atoms with van der Waals surface area (Å²) < 4.78 is 1.31. The van der Waals surface area contributed by atoms with Crippen molar-refractivity contribution in [3.8, 4) is 0 Å². The second-order valence-corrected chi connectivity index (χ2v) is 7.28. The Kier molecular flexibility index (Phi) is 4.08. The van der Waals surface area contributed by atoms with Gasteiger partial charge in [0, 0.05) is 16.1 Å². The van der Waals surface area contributed by atoms with Crippen molar-refractivity contribution in [1.82, 2.24) is 5.32 Å². The largest absolute Gasteiger partial charge is 0.351 e. The van der Waals surface area contributed by atoms with Crippen molar-refractivity contribution in [2.75, 3.05) is 6.54 Å². The number of hydrogen-bond acceptors (Lipinski definition) is 3. The summed E-state index contributed by atoms with van der Waals surface area (Å²) in [6.07, 6.45) is 0.874. The maximum atomic E-state index is 12.1. The van der Waals surface area contributed by atoms with Crippen LogP contribution in [0.15, 0.2) is 35.7 Å². The Balaban J connectivity index is 1.62. The number of benzene rings is 1. The molecular formula is C17H17NOS2. The molecule has 0 aliphatic rings. The third kappa shape index (κ3) is 3.01. The van der Waals surface area contributed by atoms with Crippen molar-refractivity contribution in [3.05, 3.63) is 56.6 Å². The monoisotopic (exact) mass is 315 g/mol. The normalized spacial score (nSPS) is 11.0. The van der Waals surface area contributed by atoms with Crippen LogP contribution in [0.2, 0.25) is 0 Å². The van der Waals surface area contributed by atoms with Crippen molar-refractivity contribution in [2.45, 2.75) is 20.3 Å². The Hall–Kier alpha value is -1.65. The third-order valence-corrected chi connectivity index (χ3v) is 5.79. The number of carbonyl (C=O) groups is 1. The zero-order valence-electron chi connectivity index (χ0n) is 12.1. The van der Waals surface area contributed by atoms with E-state index in [1.54, 1.807) is 22.7 Å². The molecule has 0 unspecified atom stereocenters. The highest BCUT2D eigenvalue weighted by atomic mass is 32.1. The highest BCUT2D eigenvalue weighted by Crippen LogP contribution is 2.25. The van der Waals surface area contributed by atoms with Crippen molar-refractivity contribution in [1.29, 1.82) is 0 Å². The zero-order chi connectivity index (χ0) is 14.8. The van der Waals surface area contributed by atoms with E-state index in [0.717, 1.165) is 11.3 Å². The molecule has 2 aromatic heterocycles. The molecule has 0 radical (unpaired) electrons. The van der Waals surface area contributed by atoms with E-state index < -0.39 is 0 Å². The number of hydrogen-bond donors (Lipinski definition) is 1. The minimum absolute atomic E-state index is 0.0377. The van der Waals surface area contributed by atoms with Gasteiger partial charge in [-0.3, -0.25) is 4.79 Å². The highest BCUT2D eigenvalue weighted by Gasteiger charge is 2.10. The van der Waals surface area contributed by atoms with Gasteiger partial charge in [0.2, 0.25) is 0 Å². The quantitative estimate of drug-likeness (QED) is 0.752. The van der Waals surface area contributed by atoms with E-state index in [-0.39, 0.29) is 5.91 Å². The Morgan fingerprint density at radius 2 is 2.05 bits per heavy atom. The summed E-state index contributed by atoms with van der Waals surface area (Å²) in [4.78, 5) is 14.1. The van der Waals surface area contributed by atoms with E-state index in [0.29, 0.717) is 6.54 Å². The molecule has 1 aromatic carbocycles. The van der Waals surface area contributed by atoms with E-state index in [2.05, 4.69) is 35.0 Å². The van der Waals surface area contributed by atoms with Crippen LogP contribution in [0.5, 0.6) is 0 Å². The fourth-order valence-electron chi connectivity index (χ4n) is 2.31. The average Bonchev–Trinajstić information content (AvgIpc) is 3.04. The van der Waals surface area contributed by atoms with E-state index >= 15 is 0 Å². The van der Waals surface area contributed by atoms with Gasteiger partial charge in [0.05, 0.1) is 4.88 Å². The van der Waals surface area contributed by atoms with Gasteiger partial charge in [-0.1, -0.05) is 18.2 Å². The molecular weight excluding hydrogens is 298 g/mol. The average molecular weight is 315 g/mol. The molecule has 0 fully saturated rings. The Labute approximate surface area is 132 Å². The van der Waals surface area contributed by atoms with Gasteiger partial charge in [-0.15, -0.1) is 22.7 Å². The fraction of sp³-hybridized carbons (Fsp3) is 0.235. The van der Waals surface area contributed by atoms with Gasteiger partial charge in [-0.2, -0.15) is 0 Å². The van der Waals surface area contributed by atoms with Gasteiger partial charge < -0.3 is 5.32 Å². The van der Waals surface area contributed by atoms with E-state index in [1.807, 2.05) is 19.9 Å². The molecule has 0 spiro atoms. The smallest absolute Gasteiger partial charge is 0.261 e. The Morgan fingerprint density at radius 1 is 1.24 bits per heavy atom. The van der Waals surface area contributed by atoms with Crippen LogP contribution in [0.4, 0.5) is 0 Å². The lowest BCUT2D eigenvalue weighted by molar-refractivity contribution is 0.0958. The van der Waals surface area contributed by atoms with Gasteiger partial charge in [0.25, 0.3) is 5.91 Å². The number of thiophene rings is 2. The molecule has 2 nitrogen and oxygen atoms in total. The minimum atomic E-state index is 0.0377. The van der Waals surface area contributed by atoms with Gasteiger partial charge >= 0.3 is 0 Å². The van der Waals surface area contributed by atoms with E-state index in [9.17, 15) is 4.79 Å². The van der Waals surface area contributed by atoms with Crippen molar-refractivity contribution in [3.63, 3.8) is 0 Å². The first kappa shape index (κ1) is 14.3. The molecule has 2 heterocycles. The van der Waals surface area contributed by atoms with Crippen molar-refractivity contribution in [2.24, 2.45) is 0 Å². The van der Waals surface area contributed by atoms with Crippen LogP contribution in [0.1, 0.15) is 25.7 Å². The summed E-state index contributed by atoms with van der Waals surface area (Å²) in [5.41, 5.74) is 2.50. The van der Waals surface area contributed by atoms with Gasteiger partial charge in [0.1, 0.15) is 0 Å². The number of rotatable bonds is 4. The summed E-state index contributed by atoms with van der Waals surface area (Å²) in [6, 6.07) is 10.4. The minimum Gasteiger partial charge on any atom is -0.351 e. The number of nitrogens with one attached hydrogen (secondary N) is 1. The summed E-state index contributed by atoms with van der Waals surface area (Å²) >= 11 is 3.33. The van der Waals surface area contributed by atoms with Gasteiger partial charge in [-0.05, 0) is 54.3 Å². The molecule has 3 aromatic rings. The first-order chi connectivity index (χ1) is 10.1. The lowest BCUT2D eigenvalue weighted by Gasteiger charge is -2.03. The molecule has 1 amide bonds. The number of fused-ring (bicyclic) bond motifs is 1. The predicted octanol–water partition coefficient (Wildman–Crippen LogP) is 4.55. The van der Waals surface area contributed by atoms with Gasteiger partial charge in [0.15, 0.2) is 0 Å². The number of carbonyl (C=O) groups excluding carboxylic acids is 1.